The van der Waals surface area contributed by atoms with Gasteiger partial charge >= 0.3 is 0 Å². The lowest BCUT2D eigenvalue weighted by molar-refractivity contribution is 1.91. The van der Waals surface area contributed by atoms with Gasteiger partial charge < -0.3 is 0 Å². The highest BCUT2D eigenvalue weighted by Crippen LogP contribution is 2.37. The van der Waals surface area contributed by atoms with E-state index in [9.17, 15) is 0 Å². The molecule has 0 saturated carbocycles. The van der Waals surface area contributed by atoms with Gasteiger partial charge in [0.1, 0.15) is 0 Å². The van der Waals surface area contributed by atoms with Gasteiger partial charge in [-0.15, -0.1) is 34.0 Å². The summed E-state index contributed by atoms with van der Waals surface area (Å²) in [4.78, 5) is 5.69. The maximum Gasteiger partial charge on any atom is 0.0927 e. The Balaban J connectivity index is 1.88. The summed E-state index contributed by atoms with van der Waals surface area (Å²) >= 11 is 5.89. The molecule has 0 unspecified atom stereocenters. The largest absolute Gasteiger partial charge is 0.144 e. The van der Waals surface area contributed by atoms with E-state index in [0.717, 1.165) is 0 Å². The Bertz CT molecular complexity index is 673. The van der Waals surface area contributed by atoms with Gasteiger partial charge in [0, 0.05) is 19.5 Å². The number of thiophene rings is 3. The number of rotatable bonds is 4. The van der Waals surface area contributed by atoms with Gasteiger partial charge in [0.05, 0.1) is 17.6 Å². The molecular weight excluding hydrogens is 345 g/mol. The lowest BCUT2D eigenvalue weighted by Crippen LogP contribution is -2.17. The van der Waals surface area contributed by atoms with E-state index in [0.29, 0.717) is 0 Å². The lowest BCUT2D eigenvalue weighted by atomic mass is 10.3. The molecule has 0 fully saturated rings. The maximum absolute atomic E-state index is 2.36. The summed E-state index contributed by atoms with van der Waals surface area (Å²) < 4.78 is 3.15. The maximum atomic E-state index is 2.36. The van der Waals surface area contributed by atoms with E-state index < -0.39 is 0 Å². The van der Waals surface area contributed by atoms with Gasteiger partial charge in [0.15, 0.2) is 0 Å². The first-order chi connectivity index (χ1) is 10.0. The van der Waals surface area contributed by atoms with Crippen molar-refractivity contribution in [1.82, 2.24) is 0 Å². The predicted octanol–water partition coefficient (Wildman–Crippen LogP) is 5.13. The topological polar surface area (TPSA) is 0 Å². The van der Waals surface area contributed by atoms with Crippen LogP contribution in [0.1, 0.15) is 0 Å². The van der Waals surface area contributed by atoms with Crippen LogP contribution in [-0.2, 0) is 0 Å². The van der Waals surface area contributed by atoms with Crippen molar-refractivity contribution in [3.05, 3.63) is 36.4 Å². The quantitative estimate of drug-likeness (QED) is 0.565. The molecule has 0 bridgehead atoms. The van der Waals surface area contributed by atoms with E-state index in [1.54, 1.807) is 9.00 Å². The molecule has 3 aromatic rings. The fourth-order valence-corrected chi connectivity index (χ4v) is 7.91. The van der Waals surface area contributed by atoms with Crippen molar-refractivity contribution in [1.29, 1.82) is 0 Å². The summed E-state index contributed by atoms with van der Waals surface area (Å²) in [7, 11) is -0.641. The summed E-state index contributed by atoms with van der Waals surface area (Å²) in [6.45, 7) is 9.45. The Morgan fingerprint density at radius 1 is 0.524 bits per heavy atom. The summed E-state index contributed by atoms with van der Waals surface area (Å²) in [5.41, 5.74) is 0. The van der Waals surface area contributed by atoms with Crippen LogP contribution in [0.4, 0.5) is 0 Å². The zero-order chi connectivity index (χ0) is 15.0. The van der Waals surface area contributed by atoms with Crippen LogP contribution in [0, 0.1) is 0 Å². The summed E-state index contributed by atoms with van der Waals surface area (Å²) in [5, 5.41) is 0. The fraction of sp³-hybridized carbons (Fsp3) is 0.250. The van der Waals surface area contributed by atoms with E-state index >= 15 is 0 Å². The summed E-state index contributed by atoms with van der Waals surface area (Å²) in [6.07, 6.45) is 0. The second-order valence-corrected chi connectivity index (χ2v) is 14.5. The molecule has 0 aromatic carbocycles. The zero-order valence-electron chi connectivity index (χ0n) is 12.7. The van der Waals surface area contributed by atoms with Crippen LogP contribution in [-0.4, -0.2) is 17.6 Å². The van der Waals surface area contributed by atoms with E-state index in [2.05, 4.69) is 62.6 Å². The van der Waals surface area contributed by atoms with Crippen molar-refractivity contribution in [3.8, 4) is 19.5 Å². The SMILES string of the molecule is C[Si](C)c1ccc(-c2ccc(-c3ccc([Si](C)C)s3)s2)s1. The van der Waals surface area contributed by atoms with Gasteiger partial charge in [-0.05, 0) is 33.3 Å². The van der Waals surface area contributed by atoms with Crippen LogP contribution in [0.2, 0.25) is 26.2 Å². The molecule has 3 rings (SSSR count). The molecule has 5 heteroatoms. The second kappa shape index (κ2) is 6.34. The molecule has 0 saturated heterocycles. The second-order valence-electron chi connectivity index (χ2n) is 5.49. The van der Waals surface area contributed by atoms with Gasteiger partial charge in [-0.25, -0.2) is 0 Å². The Morgan fingerprint density at radius 2 is 0.857 bits per heavy atom. The molecule has 0 aliphatic rings. The van der Waals surface area contributed by atoms with Crippen LogP contribution in [0.25, 0.3) is 19.5 Å². The molecule has 0 nitrogen and oxygen atoms in total. The third-order valence-corrected chi connectivity index (χ3v) is 11.9. The van der Waals surface area contributed by atoms with Crippen molar-refractivity contribution in [2.75, 3.05) is 0 Å². The zero-order valence-corrected chi connectivity index (χ0v) is 17.1. The minimum atomic E-state index is -0.321. The Hall–Kier alpha value is -0.466. The molecule has 3 heterocycles. The highest BCUT2D eigenvalue weighted by molar-refractivity contribution is 7.31. The van der Waals surface area contributed by atoms with Crippen molar-refractivity contribution in [3.63, 3.8) is 0 Å². The van der Waals surface area contributed by atoms with Crippen LogP contribution >= 0.6 is 34.0 Å². The van der Waals surface area contributed by atoms with Crippen molar-refractivity contribution >= 4 is 60.6 Å². The molecule has 3 aromatic heterocycles. The van der Waals surface area contributed by atoms with Gasteiger partial charge in [-0.2, -0.15) is 0 Å². The Morgan fingerprint density at radius 3 is 1.19 bits per heavy atom. The lowest BCUT2D eigenvalue weighted by Gasteiger charge is -1.96. The third-order valence-electron chi connectivity index (χ3n) is 3.29. The molecule has 0 N–H and O–H groups in total. The molecule has 0 aliphatic heterocycles. The van der Waals surface area contributed by atoms with Gasteiger partial charge in [0.2, 0.25) is 0 Å². The smallest absolute Gasteiger partial charge is 0.0927 e. The number of hydrogen-bond donors (Lipinski definition) is 0. The molecule has 0 amide bonds. The van der Waals surface area contributed by atoms with E-state index in [1.165, 1.54) is 19.5 Å². The van der Waals surface area contributed by atoms with Crippen LogP contribution in [0.5, 0.6) is 0 Å². The van der Waals surface area contributed by atoms with Crippen molar-refractivity contribution < 1.29 is 0 Å². The number of hydrogen-bond acceptors (Lipinski definition) is 3. The molecule has 2 radical (unpaired) electrons. The first-order valence-electron chi connectivity index (χ1n) is 6.96. The normalized spacial score (nSPS) is 11.7. The fourth-order valence-electron chi connectivity index (χ4n) is 2.08. The summed E-state index contributed by atoms with van der Waals surface area (Å²) in [5.74, 6) is 0. The molecular formula is C16H18S3Si2. The van der Waals surface area contributed by atoms with Gasteiger partial charge in [-0.1, -0.05) is 38.3 Å². The Labute approximate surface area is 142 Å². The molecule has 0 atom stereocenters. The highest BCUT2D eigenvalue weighted by Gasteiger charge is 2.12. The van der Waals surface area contributed by atoms with Crippen LogP contribution in [0.3, 0.4) is 0 Å². The average molecular weight is 363 g/mol. The highest BCUT2D eigenvalue weighted by atomic mass is 32.1. The van der Waals surface area contributed by atoms with E-state index in [1.807, 2.05) is 34.0 Å². The first kappa shape index (κ1) is 15.4. The molecule has 0 spiro atoms. The Kier molecular flexibility index (Phi) is 4.66. The minimum Gasteiger partial charge on any atom is -0.144 e. The molecule has 0 aliphatic carbocycles. The van der Waals surface area contributed by atoms with Crippen LogP contribution in [0.15, 0.2) is 36.4 Å². The average Bonchev–Trinajstić information content (AvgIpc) is 3.18. The van der Waals surface area contributed by atoms with Gasteiger partial charge in [0.25, 0.3) is 0 Å². The van der Waals surface area contributed by atoms with Crippen LogP contribution < -0.4 is 9.00 Å². The minimum absolute atomic E-state index is 0.321. The van der Waals surface area contributed by atoms with Crippen molar-refractivity contribution in [2.24, 2.45) is 0 Å². The standard InChI is InChI=1S/C16H18S3Si2/c1-20(2)15-9-7-13(18-15)11-5-6-12(17-11)14-8-10-16(19-14)21(3)4/h5-10H,1-4H3. The van der Waals surface area contributed by atoms with Crippen molar-refractivity contribution in [2.45, 2.75) is 26.2 Å². The van der Waals surface area contributed by atoms with Gasteiger partial charge in [-0.3, -0.25) is 0 Å². The monoisotopic (exact) mass is 362 g/mol. The summed E-state index contributed by atoms with van der Waals surface area (Å²) in [6, 6.07) is 13.8. The van der Waals surface area contributed by atoms with E-state index in [4.69, 9.17) is 0 Å². The molecule has 21 heavy (non-hydrogen) atoms. The third kappa shape index (κ3) is 3.32. The molecule has 108 valence electrons. The van der Waals surface area contributed by atoms with E-state index in [-0.39, 0.29) is 17.6 Å². The first-order valence-corrected chi connectivity index (χ1v) is 14.4. The predicted molar refractivity (Wildman–Crippen MR) is 105 cm³/mol.